The van der Waals surface area contributed by atoms with Crippen molar-refractivity contribution in [2.24, 2.45) is 10.9 Å². The second-order valence-corrected chi connectivity index (χ2v) is 19.2. The monoisotopic (exact) mass is 833 g/mol. The largest absolute Gasteiger partial charge is 0.376 e. The van der Waals surface area contributed by atoms with E-state index in [1.807, 2.05) is 52.0 Å². The second-order valence-electron chi connectivity index (χ2n) is 19.2. The van der Waals surface area contributed by atoms with E-state index in [9.17, 15) is 9.90 Å². The van der Waals surface area contributed by atoms with Gasteiger partial charge in [0.15, 0.2) is 11.4 Å². The van der Waals surface area contributed by atoms with Gasteiger partial charge in [0.2, 0.25) is 0 Å². The van der Waals surface area contributed by atoms with Crippen molar-refractivity contribution in [3.8, 4) is 22.3 Å². The number of aryl methyl sites for hydroxylation is 4. The summed E-state index contributed by atoms with van der Waals surface area (Å²) < 4.78 is 23.6. The molecule has 7 heterocycles. The number of fused-ring (bicyclic) bond motifs is 2. The molecule has 1 unspecified atom stereocenters. The van der Waals surface area contributed by atoms with Crippen molar-refractivity contribution < 1.29 is 28.4 Å². The SMILES string of the molecule is Cc1noc(C)c1-c1cc(C(O)(c2cccnn2)[C@H]2CCC3(CC3)O2)c2nc(C3CC3)[nH]c2c1.Cc1noc(C)c1-c1cc2c(c(C(=O)[C@H]3CCC4(CC4)O3)c1)N=C(C1CC1)C2. The molecule has 3 aliphatic heterocycles. The Morgan fingerprint density at radius 3 is 2.08 bits per heavy atom. The maximum atomic E-state index is 13.5. The van der Waals surface area contributed by atoms with E-state index >= 15 is 0 Å². The maximum Gasteiger partial charge on any atom is 0.193 e. The number of aromatic nitrogens is 6. The van der Waals surface area contributed by atoms with Crippen LogP contribution in [0.3, 0.4) is 0 Å². The van der Waals surface area contributed by atoms with Crippen LogP contribution in [0.25, 0.3) is 33.3 Å². The van der Waals surface area contributed by atoms with Crippen molar-refractivity contribution in [1.82, 2.24) is 30.5 Å². The van der Waals surface area contributed by atoms with Gasteiger partial charge in [0.05, 0.1) is 45.4 Å². The molecule has 6 fully saturated rings. The lowest BCUT2D eigenvalue weighted by Gasteiger charge is -2.34. The number of ketones is 1. The Hall–Kier alpha value is -5.37. The molecule has 4 saturated carbocycles. The lowest BCUT2D eigenvalue weighted by Crippen LogP contribution is -2.42. The van der Waals surface area contributed by atoms with Crippen LogP contribution in [0, 0.1) is 33.6 Å². The average molecular weight is 834 g/mol. The van der Waals surface area contributed by atoms with Gasteiger partial charge in [-0.2, -0.15) is 10.2 Å². The molecular formula is C49H51N7O6. The molecule has 0 amide bonds. The summed E-state index contributed by atoms with van der Waals surface area (Å²) in [7, 11) is 0. The van der Waals surface area contributed by atoms with Crippen LogP contribution in [0.2, 0.25) is 0 Å². The zero-order valence-corrected chi connectivity index (χ0v) is 35.7. The quantitative estimate of drug-likeness (QED) is 0.133. The normalized spacial score (nSPS) is 23.7. The zero-order valence-electron chi connectivity index (χ0n) is 35.7. The van der Waals surface area contributed by atoms with Gasteiger partial charge in [-0.3, -0.25) is 9.79 Å². The molecule has 7 aliphatic rings. The smallest absolute Gasteiger partial charge is 0.193 e. The second kappa shape index (κ2) is 13.8. The van der Waals surface area contributed by atoms with E-state index in [0.29, 0.717) is 28.7 Å². The fourth-order valence-electron chi connectivity index (χ4n) is 10.5. The lowest BCUT2D eigenvalue weighted by atomic mass is 9.81. The number of Topliss-reactive ketones (excluding diaryl/α,β-unsaturated/α-hetero) is 1. The van der Waals surface area contributed by atoms with Gasteiger partial charge >= 0.3 is 0 Å². The van der Waals surface area contributed by atoms with Gasteiger partial charge in [-0.25, -0.2) is 4.98 Å². The van der Waals surface area contributed by atoms with Crippen molar-refractivity contribution >= 4 is 28.2 Å². The number of carbonyl (C=O) groups excluding carboxylic acids is 1. The summed E-state index contributed by atoms with van der Waals surface area (Å²) in [6.07, 6.45) is 14.2. The fourth-order valence-corrected chi connectivity index (χ4v) is 10.5. The molecule has 13 nitrogen and oxygen atoms in total. The number of ether oxygens (including phenoxy) is 2. The van der Waals surface area contributed by atoms with Crippen LogP contribution in [-0.2, 0) is 21.5 Å². The summed E-state index contributed by atoms with van der Waals surface area (Å²) in [4.78, 5) is 26.9. The summed E-state index contributed by atoms with van der Waals surface area (Å²) in [6.45, 7) is 7.72. The molecule has 13 rings (SSSR count). The Bertz CT molecular complexity index is 2780. The number of nitrogens with zero attached hydrogens (tertiary/aromatic N) is 6. The molecule has 13 heteroatoms. The van der Waals surface area contributed by atoms with E-state index in [-0.39, 0.29) is 23.1 Å². The molecule has 2 aromatic carbocycles. The first-order valence-electron chi connectivity index (χ1n) is 22.6. The minimum Gasteiger partial charge on any atom is -0.376 e. The number of imidazole rings is 1. The molecule has 0 bridgehead atoms. The highest BCUT2D eigenvalue weighted by Crippen LogP contribution is 2.55. The van der Waals surface area contributed by atoms with Crippen LogP contribution in [-0.4, -0.2) is 70.5 Å². The van der Waals surface area contributed by atoms with Crippen LogP contribution in [0.15, 0.2) is 56.6 Å². The number of hydrogen-bond acceptors (Lipinski definition) is 12. The molecule has 4 aromatic heterocycles. The van der Waals surface area contributed by atoms with Crippen molar-refractivity contribution in [2.45, 2.75) is 146 Å². The number of hydrogen-bond donors (Lipinski definition) is 2. The predicted molar refractivity (Wildman–Crippen MR) is 229 cm³/mol. The number of rotatable bonds is 9. The maximum absolute atomic E-state index is 13.5. The topological polar surface area (TPSA) is 175 Å². The first kappa shape index (κ1) is 38.3. The highest BCUT2D eigenvalue weighted by Gasteiger charge is 2.57. The zero-order chi connectivity index (χ0) is 42.1. The Morgan fingerprint density at radius 2 is 1.48 bits per heavy atom. The summed E-state index contributed by atoms with van der Waals surface area (Å²) in [6, 6.07) is 11.9. The molecule has 2 spiro atoms. The van der Waals surface area contributed by atoms with Crippen molar-refractivity contribution in [3.05, 3.63) is 93.7 Å². The Balaban J connectivity index is 0.000000135. The van der Waals surface area contributed by atoms with E-state index < -0.39 is 11.7 Å². The third-order valence-corrected chi connectivity index (χ3v) is 14.6. The van der Waals surface area contributed by atoms with Crippen molar-refractivity contribution in [3.63, 3.8) is 0 Å². The van der Waals surface area contributed by atoms with Crippen LogP contribution < -0.4 is 0 Å². The van der Waals surface area contributed by atoms with Crippen molar-refractivity contribution in [2.75, 3.05) is 0 Å². The van der Waals surface area contributed by atoms with Gasteiger partial charge in [0, 0.05) is 46.5 Å². The van der Waals surface area contributed by atoms with E-state index in [0.717, 1.165) is 144 Å². The van der Waals surface area contributed by atoms with E-state index in [1.54, 1.807) is 6.20 Å². The van der Waals surface area contributed by atoms with Crippen LogP contribution >= 0.6 is 0 Å². The lowest BCUT2D eigenvalue weighted by molar-refractivity contribution is -0.0937. The van der Waals surface area contributed by atoms with Crippen molar-refractivity contribution in [1.29, 1.82) is 0 Å². The van der Waals surface area contributed by atoms with Gasteiger partial charge in [-0.1, -0.05) is 10.3 Å². The fraction of sp³-hybridized carbons (Fsp3) is 0.490. The number of aliphatic hydroxyl groups is 1. The van der Waals surface area contributed by atoms with Gasteiger partial charge in [-0.15, -0.1) is 0 Å². The van der Waals surface area contributed by atoms with Gasteiger partial charge in [0.1, 0.15) is 29.1 Å². The first-order chi connectivity index (χ1) is 30.0. The van der Waals surface area contributed by atoms with Crippen LogP contribution in [0.5, 0.6) is 0 Å². The molecular weight excluding hydrogens is 783 g/mol. The highest BCUT2D eigenvalue weighted by molar-refractivity contribution is 6.09. The number of H-pyrrole nitrogens is 1. The highest BCUT2D eigenvalue weighted by atomic mass is 16.5. The first-order valence-corrected chi connectivity index (χ1v) is 22.6. The summed E-state index contributed by atoms with van der Waals surface area (Å²) in [5, 5.41) is 29.4. The Kier molecular flexibility index (Phi) is 8.54. The molecule has 0 radical (unpaired) electrons. The van der Waals surface area contributed by atoms with Gasteiger partial charge in [0.25, 0.3) is 0 Å². The number of aromatic amines is 1. The molecule has 3 atom stereocenters. The molecule has 4 aliphatic carbocycles. The summed E-state index contributed by atoms with van der Waals surface area (Å²) in [5.41, 5.74) is 10.7. The van der Waals surface area contributed by atoms with Crippen LogP contribution in [0.1, 0.15) is 139 Å². The third-order valence-electron chi connectivity index (χ3n) is 14.6. The van der Waals surface area contributed by atoms with Crippen LogP contribution in [0.4, 0.5) is 5.69 Å². The molecule has 2 saturated heterocycles. The third kappa shape index (κ3) is 6.40. The molecule has 6 aromatic rings. The average Bonchev–Trinajstić information content (AvgIpc) is 4.24. The standard InChI is InChI=1S/C26H27N5O3.C23H24N2O3/c1-14-22(15(2)34-31-14)17-12-18(23-19(13-17)28-24(29-23)16-5-6-16)26(32,20-4-3-11-27-30-20)21-7-8-25(33-21)9-10-25;1-12-20(13(2)28-25-12)15-9-16-11-18(14-3-4-14)24-21(16)17(10-15)22(26)19-5-6-23(27-19)7-8-23/h3-4,11-13,16,21,32H,5-10H2,1-2H3,(H,28,29);9-10,14,19H,3-8,11H2,1-2H3/t21-,26?;19-/m11/s1. The minimum absolute atomic E-state index is 0.00516. The van der Waals surface area contributed by atoms with E-state index in [1.165, 1.54) is 18.6 Å². The molecule has 2 N–H and O–H groups in total. The van der Waals surface area contributed by atoms with Gasteiger partial charge in [-0.05, 0) is 164 Å². The predicted octanol–water partition coefficient (Wildman–Crippen LogP) is 9.34. The number of carbonyl (C=O) groups is 1. The number of aliphatic imine (C=N–C) groups is 1. The molecule has 318 valence electrons. The number of nitrogens with one attached hydrogen (secondary N) is 1. The Labute approximate surface area is 359 Å². The Morgan fingerprint density at radius 1 is 0.806 bits per heavy atom. The van der Waals surface area contributed by atoms with Gasteiger partial charge < -0.3 is 28.6 Å². The van der Waals surface area contributed by atoms with E-state index in [2.05, 4.69) is 37.6 Å². The molecule has 62 heavy (non-hydrogen) atoms. The number of benzene rings is 2. The summed E-state index contributed by atoms with van der Waals surface area (Å²) >= 11 is 0. The minimum atomic E-state index is -1.50. The summed E-state index contributed by atoms with van der Waals surface area (Å²) in [5.74, 6) is 3.64. The van der Waals surface area contributed by atoms with E-state index in [4.69, 9.17) is 28.5 Å².